The van der Waals surface area contributed by atoms with Gasteiger partial charge >= 0.3 is 0 Å². The van der Waals surface area contributed by atoms with Crippen LogP contribution in [0.1, 0.15) is 13.3 Å². The largest absolute Gasteiger partial charge is 0.508 e. The number of aromatic hydroxyl groups is 1. The molecule has 0 spiro atoms. The number of β-amino-alcohol motifs (C(OH)–C–C–N with tert-alkyl or cyclic N) is 1. The Labute approximate surface area is 99.9 Å². The van der Waals surface area contributed by atoms with Crippen LogP contribution in [0.2, 0.25) is 0 Å². The molecule has 1 atom stereocenters. The topological polar surface area (TPSA) is 64.0 Å². The van der Waals surface area contributed by atoms with Crippen LogP contribution in [0.4, 0.5) is 5.69 Å². The van der Waals surface area contributed by atoms with Crippen molar-refractivity contribution >= 4 is 11.6 Å². The summed E-state index contributed by atoms with van der Waals surface area (Å²) in [6.07, 6.45) is -0.0664. The van der Waals surface area contributed by atoms with Crippen molar-refractivity contribution in [2.24, 2.45) is 0 Å². The summed E-state index contributed by atoms with van der Waals surface area (Å²) in [7, 11) is 0. The Morgan fingerprint density at radius 1 is 1.47 bits per heavy atom. The number of anilines is 1. The van der Waals surface area contributed by atoms with Crippen LogP contribution < -0.4 is 5.01 Å². The highest BCUT2D eigenvalue weighted by atomic mass is 16.3. The van der Waals surface area contributed by atoms with Gasteiger partial charge in [-0.3, -0.25) is 4.79 Å². The minimum atomic E-state index is -0.499. The fraction of sp³-hybridized carbons (Fsp3) is 0.417. The van der Waals surface area contributed by atoms with Crippen LogP contribution in [-0.4, -0.2) is 40.3 Å². The molecule has 1 aromatic rings. The van der Waals surface area contributed by atoms with Gasteiger partial charge in [-0.2, -0.15) is 0 Å². The Morgan fingerprint density at radius 2 is 2.24 bits per heavy atom. The predicted octanol–water partition coefficient (Wildman–Crippen LogP) is 0.727. The molecule has 0 aromatic heterocycles. The van der Waals surface area contributed by atoms with E-state index in [1.165, 1.54) is 11.1 Å². The van der Waals surface area contributed by atoms with Gasteiger partial charge < -0.3 is 10.2 Å². The predicted molar refractivity (Wildman–Crippen MR) is 63.5 cm³/mol. The smallest absolute Gasteiger partial charge is 0.242 e. The molecule has 1 fully saturated rings. The average Bonchev–Trinajstić information content (AvgIpc) is 2.59. The summed E-state index contributed by atoms with van der Waals surface area (Å²) in [6, 6.07) is 6.55. The maximum atomic E-state index is 11.8. The summed E-state index contributed by atoms with van der Waals surface area (Å²) < 4.78 is 0. The van der Waals surface area contributed by atoms with Crippen molar-refractivity contribution in [2.45, 2.75) is 19.4 Å². The molecule has 5 heteroatoms. The lowest BCUT2D eigenvalue weighted by Crippen LogP contribution is -2.42. The first-order valence-corrected chi connectivity index (χ1v) is 5.63. The number of benzene rings is 1. The van der Waals surface area contributed by atoms with Gasteiger partial charge in [0.1, 0.15) is 5.75 Å². The monoisotopic (exact) mass is 236 g/mol. The molecule has 17 heavy (non-hydrogen) atoms. The Morgan fingerprint density at radius 3 is 2.88 bits per heavy atom. The van der Waals surface area contributed by atoms with Gasteiger partial charge in [-0.05, 0) is 19.1 Å². The van der Waals surface area contributed by atoms with Crippen LogP contribution in [0.25, 0.3) is 0 Å². The first kappa shape index (κ1) is 11.9. The number of hydrogen-bond acceptors (Lipinski definition) is 4. The molecule has 5 nitrogen and oxygen atoms in total. The molecule has 1 saturated heterocycles. The standard InChI is InChI=1S/C12H16N2O3/c1-9(15)8-13-6-5-12(17)14(13)10-3-2-4-11(16)7-10/h2-4,7,9,15-16H,5-6,8H2,1H3. The van der Waals surface area contributed by atoms with Crippen molar-refractivity contribution in [2.75, 3.05) is 18.1 Å². The molecule has 0 bridgehead atoms. The van der Waals surface area contributed by atoms with E-state index in [1.807, 2.05) is 0 Å². The van der Waals surface area contributed by atoms with Crippen LogP contribution in [0.5, 0.6) is 5.75 Å². The lowest BCUT2D eigenvalue weighted by molar-refractivity contribution is -0.118. The highest BCUT2D eigenvalue weighted by Crippen LogP contribution is 2.25. The van der Waals surface area contributed by atoms with Crippen LogP contribution in [0.3, 0.4) is 0 Å². The van der Waals surface area contributed by atoms with Crippen molar-refractivity contribution < 1.29 is 15.0 Å². The second-order valence-corrected chi connectivity index (χ2v) is 4.24. The molecule has 0 saturated carbocycles. The Balaban J connectivity index is 2.24. The number of phenols is 1. The van der Waals surface area contributed by atoms with Crippen LogP contribution in [0.15, 0.2) is 24.3 Å². The van der Waals surface area contributed by atoms with E-state index < -0.39 is 6.10 Å². The molecule has 2 rings (SSSR count). The molecule has 1 heterocycles. The van der Waals surface area contributed by atoms with Crippen molar-refractivity contribution in [1.82, 2.24) is 5.01 Å². The zero-order valence-electron chi connectivity index (χ0n) is 9.71. The number of nitrogens with zero attached hydrogens (tertiary/aromatic N) is 2. The minimum absolute atomic E-state index is 0.0174. The second kappa shape index (κ2) is 4.73. The van der Waals surface area contributed by atoms with Crippen LogP contribution in [-0.2, 0) is 4.79 Å². The number of carbonyl (C=O) groups is 1. The summed E-state index contributed by atoms with van der Waals surface area (Å²) in [5, 5.41) is 22.1. The molecule has 2 N–H and O–H groups in total. The highest BCUT2D eigenvalue weighted by Gasteiger charge is 2.30. The lowest BCUT2D eigenvalue weighted by Gasteiger charge is -2.28. The molecule has 0 radical (unpaired) electrons. The molecule has 1 aliphatic heterocycles. The third-order valence-electron chi connectivity index (χ3n) is 2.65. The summed E-state index contributed by atoms with van der Waals surface area (Å²) in [4.78, 5) is 11.8. The van der Waals surface area contributed by atoms with E-state index in [4.69, 9.17) is 0 Å². The molecule has 1 amide bonds. The van der Waals surface area contributed by atoms with Gasteiger partial charge in [0, 0.05) is 25.6 Å². The summed E-state index contributed by atoms with van der Waals surface area (Å²) >= 11 is 0. The maximum Gasteiger partial charge on any atom is 0.242 e. The van der Waals surface area contributed by atoms with Crippen molar-refractivity contribution in [3.05, 3.63) is 24.3 Å². The van der Waals surface area contributed by atoms with Crippen molar-refractivity contribution in [1.29, 1.82) is 0 Å². The van der Waals surface area contributed by atoms with E-state index in [1.54, 1.807) is 30.1 Å². The first-order chi connectivity index (χ1) is 8.08. The molecular formula is C12H16N2O3. The lowest BCUT2D eigenvalue weighted by atomic mass is 10.3. The van der Waals surface area contributed by atoms with Crippen LogP contribution in [0, 0.1) is 0 Å². The average molecular weight is 236 g/mol. The zero-order chi connectivity index (χ0) is 12.4. The molecule has 1 aromatic carbocycles. The van der Waals surface area contributed by atoms with E-state index in [0.717, 1.165) is 0 Å². The fourth-order valence-corrected chi connectivity index (χ4v) is 2.00. The number of phenolic OH excluding ortho intramolecular Hbond substituents is 1. The number of aliphatic hydroxyl groups is 1. The van der Waals surface area contributed by atoms with E-state index in [2.05, 4.69) is 0 Å². The fourth-order valence-electron chi connectivity index (χ4n) is 2.00. The summed E-state index contributed by atoms with van der Waals surface area (Å²) in [6.45, 7) is 2.68. The number of hydrazine groups is 1. The van der Waals surface area contributed by atoms with Crippen LogP contribution >= 0.6 is 0 Å². The molecule has 1 unspecified atom stereocenters. The van der Waals surface area contributed by atoms with E-state index in [9.17, 15) is 15.0 Å². The van der Waals surface area contributed by atoms with Crippen molar-refractivity contribution in [3.63, 3.8) is 0 Å². The quantitative estimate of drug-likeness (QED) is 0.812. The molecule has 0 aliphatic carbocycles. The van der Waals surface area contributed by atoms with E-state index in [0.29, 0.717) is 25.2 Å². The van der Waals surface area contributed by atoms with Gasteiger partial charge in [0.15, 0.2) is 0 Å². The van der Waals surface area contributed by atoms with Gasteiger partial charge in [0.05, 0.1) is 11.8 Å². The Kier molecular flexibility index (Phi) is 3.31. The maximum absolute atomic E-state index is 11.8. The number of aliphatic hydroxyl groups excluding tert-OH is 1. The third-order valence-corrected chi connectivity index (χ3v) is 2.65. The van der Waals surface area contributed by atoms with E-state index >= 15 is 0 Å². The molecule has 1 aliphatic rings. The van der Waals surface area contributed by atoms with Gasteiger partial charge in [0.2, 0.25) is 5.91 Å². The number of carbonyl (C=O) groups excluding carboxylic acids is 1. The van der Waals surface area contributed by atoms with Crippen molar-refractivity contribution in [3.8, 4) is 5.75 Å². The van der Waals surface area contributed by atoms with Gasteiger partial charge in [-0.25, -0.2) is 10.0 Å². The zero-order valence-corrected chi connectivity index (χ0v) is 9.71. The minimum Gasteiger partial charge on any atom is -0.508 e. The summed E-state index contributed by atoms with van der Waals surface area (Å²) in [5.41, 5.74) is 0.633. The van der Waals surface area contributed by atoms with Gasteiger partial charge in [0.25, 0.3) is 0 Å². The molecule has 92 valence electrons. The number of rotatable bonds is 3. The number of hydrogen-bond donors (Lipinski definition) is 2. The molecular weight excluding hydrogens is 220 g/mol. The Bertz CT molecular complexity index is 420. The Hall–Kier alpha value is -1.59. The second-order valence-electron chi connectivity index (χ2n) is 4.24. The number of amides is 1. The third kappa shape index (κ3) is 2.57. The van der Waals surface area contributed by atoms with Gasteiger partial charge in [-0.1, -0.05) is 6.07 Å². The highest BCUT2D eigenvalue weighted by molar-refractivity contribution is 5.94. The normalized spacial score (nSPS) is 18.7. The summed E-state index contributed by atoms with van der Waals surface area (Å²) in [5.74, 6) is 0.107. The first-order valence-electron chi connectivity index (χ1n) is 5.63. The van der Waals surface area contributed by atoms with Gasteiger partial charge in [-0.15, -0.1) is 0 Å². The van der Waals surface area contributed by atoms with E-state index in [-0.39, 0.29) is 11.7 Å². The SMILES string of the molecule is CC(O)CN1CCC(=O)N1c1cccc(O)c1.